The Morgan fingerprint density at radius 3 is 2.43 bits per heavy atom. The third-order valence-corrected chi connectivity index (χ3v) is 7.47. The monoisotopic (exact) mass is 505 g/mol. The fourth-order valence-corrected chi connectivity index (χ4v) is 5.16. The third kappa shape index (κ3) is 4.63. The minimum absolute atomic E-state index is 0.103. The number of alkyl halides is 3. The van der Waals surface area contributed by atoms with Crippen LogP contribution in [0, 0.1) is 19.8 Å². The number of hydrogen-bond donors (Lipinski definition) is 1. The Morgan fingerprint density at radius 1 is 1.17 bits per heavy atom. The first-order valence-electron chi connectivity index (χ1n) is 11.4. The van der Waals surface area contributed by atoms with E-state index in [0.717, 1.165) is 28.5 Å². The van der Waals surface area contributed by atoms with Crippen LogP contribution in [0.3, 0.4) is 0 Å². The van der Waals surface area contributed by atoms with E-state index in [9.17, 15) is 23.1 Å². The van der Waals surface area contributed by atoms with Crippen LogP contribution in [0.1, 0.15) is 46.5 Å². The smallest absolute Gasteiger partial charge is 0.416 e. The number of benzene rings is 2. The van der Waals surface area contributed by atoms with Gasteiger partial charge in [-0.1, -0.05) is 24.2 Å². The van der Waals surface area contributed by atoms with Gasteiger partial charge in [-0.2, -0.15) is 13.2 Å². The van der Waals surface area contributed by atoms with Crippen LogP contribution < -0.4 is 0 Å². The molecule has 5 nitrogen and oxygen atoms in total. The van der Waals surface area contributed by atoms with Crippen LogP contribution in [0.25, 0.3) is 16.7 Å². The largest absolute Gasteiger partial charge is 0.481 e. The van der Waals surface area contributed by atoms with E-state index < -0.39 is 17.7 Å². The number of carboxylic acids is 1. The second-order valence-electron chi connectivity index (χ2n) is 9.11. The Kier molecular flexibility index (Phi) is 6.62. The quantitative estimate of drug-likeness (QED) is 0.447. The number of aromatic nitrogens is 2. The molecule has 2 aromatic carbocycles. The van der Waals surface area contributed by atoms with E-state index in [1.54, 1.807) is 17.7 Å². The molecule has 186 valence electrons. The van der Waals surface area contributed by atoms with Gasteiger partial charge in [-0.25, -0.2) is 4.98 Å². The second-order valence-corrected chi connectivity index (χ2v) is 9.52. The van der Waals surface area contributed by atoms with Crippen molar-refractivity contribution in [2.45, 2.75) is 39.3 Å². The molecule has 0 radical (unpaired) electrons. The highest BCUT2D eigenvalue weighted by Gasteiger charge is 2.33. The van der Waals surface area contributed by atoms with Crippen LogP contribution in [0.15, 0.2) is 30.8 Å². The van der Waals surface area contributed by atoms with Crippen molar-refractivity contribution in [1.29, 1.82) is 0 Å². The van der Waals surface area contributed by atoms with Gasteiger partial charge in [0.2, 0.25) is 0 Å². The lowest BCUT2D eigenvalue weighted by Crippen LogP contribution is -2.35. The normalized spacial score (nSPS) is 15.1. The summed E-state index contributed by atoms with van der Waals surface area (Å²) in [4.78, 5) is 17.9. The van der Waals surface area contributed by atoms with Crippen molar-refractivity contribution >= 4 is 34.3 Å². The van der Waals surface area contributed by atoms with Gasteiger partial charge in [0.25, 0.3) is 0 Å². The van der Waals surface area contributed by atoms with Crippen LogP contribution in [-0.4, -0.2) is 38.6 Å². The minimum Gasteiger partial charge on any atom is -0.481 e. The van der Waals surface area contributed by atoms with Gasteiger partial charge in [-0.15, -0.1) is 0 Å². The minimum atomic E-state index is -4.44. The van der Waals surface area contributed by atoms with E-state index in [1.807, 2.05) is 13.0 Å². The van der Waals surface area contributed by atoms with E-state index in [-0.39, 0.29) is 11.5 Å². The van der Waals surface area contributed by atoms with Gasteiger partial charge in [0.05, 0.1) is 22.5 Å². The summed E-state index contributed by atoms with van der Waals surface area (Å²) in [6, 6.07) is 6.25. The van der Waals surface area contributed by atoms with Gasteiger partial charge in [-0.05, 0) is 61.6 Å². The van der Waals surface area contributed by atoms with Crippen molar-refractivity contribution in [3.8, 4) is 0 Å². The zero-order valence-corrected chi connectivity index (χ0v) is 20.6. The molecule has 1 aromatic heterocycles. The number of hydrogen-bond acceptors (Lipinski definition) is 3. The highest BCUT2D eigenvalue weighted by Crippen LogP contribution is 2.36. The number of fused-ring (bicyclic) bond motifs is 1. The summed E-state index contributed by atoms with van der Waals surface area (Å²) in [5.74, 6) is -0.488. The highest BCUT2D eigenvalue weighted by molar-refractivity contribution is 6.31. The highest BCUT2D eigenvalue weighted by atomic mass is 35.5. The number of halogens is 4. The standard InChI is InChI=1S/C26H27ClF3N3O2/c1-14-18(16(3)33-11-9-17(10-12-33)25(34)35)5-7-21(27)19(14)13-23-31-24-15(2)20(26(28,29)30)6-8-22(24)32(23)4/h5-8,17H,3,9-13H2,1-2,4H3,(H,34,35). The van der Waals surface area contributed by atoms with Gasteiger partial charge in [0, 0.05) is 42.8 Å². The maximum absolute atomic E-state index is 13.4. The molecule has 1 saturated heterocycles. The van der Waals surface area contributed by atoms with E-state index in [0.29, 0.717) is 54.2 Å². The predicted molar refractivity (Wildman–Crippen MR) is 130 cm³/mol. The van der Waals surface area contributed by atoms with E-state index >= 15 is 0 Å². The molecule has 2 heterocycles. The SMILES string of the molecule is C=C(c1ccc(Cl)c(Cc2nc3c(C)c(C(F)(F)F)ccc3n2C)c1C)N1CCC(C(=O)O)CC1. The Bertz CT molecular complexity index is 1320. The van der Waals surface area contributed by atoms with Gasteiger partial charge in [0.15, 0.2) is 0 Å². The molecular weight excluding hydrogens is 479 g/mol. The Labute approximate surface area is 206 Å². The molecule has 35 heavy (non-hydrogen) atoms. The average Bonchev–Trinajstić information content (AvgIpc) is 3.12. The summed E-state index contributed by atoms with van der Waals surface area (Å²) in [6.45, 7) is 8.87. The molecule has 3 aromatic rings. The van der Waals surface area contributed by atoms with Crippen molar-refractivity contribution in [2.75, 3.05) is 13.1 Å². The van der Waals surface area contributed by atoms with Crippen molar-refractivity contribution in [3.63, 3.8) is 0 Å². The fourth-order valence-electron chi connectivity index (χ4n) is 4.88. The number of carboxylic acid groups (broad SMARTS) is 1. The number of piperidine rings is 1. The third-order valence-electron chi connectivity index (χ3n) is 7.12. The summed E-state index contributed by atoms with van der Waals surface area (Å²) in [6.07, 6.45) is -2.97. The van der Waals surface area contributed by atoms with Crippen LogP contribution >= 0.6 is 11.6 Å². The number of aliphatic carboxylic acids is 1. The summed E-state index contributed by atoms with van der Waals surface area (Å²) < 4.78 is 41.9. The van der Waals surface area contributed by atoms with Crippen LogP contribution in [0.2, 0.25) is 5.02 Å². The topological polar surface area (TPSA) is 58.4 Å². The number of nitrogens with zero attached hydrogens (tertiary/aromatic N) is 3. The molecule has 9 heteroatoms. The summed E-state index contributed by atoms with van der Waals surface area (Å²) in [7, 11) is 1.79. The van der Waals surface area contributed by atoms with Gasteiger partial charge in [0.1, 0.15) is 5.82 Å². The number of likely N-dealkylation sites (tertiary alicyclic amines) is 1. The molecule has 0 atom stereocenters. The van der Waals surface area contributed by atoms with E-state index in [1.165, 1.54) is 13.0 Å². The molecule has 1 fully saturated rings. The molecule has 4 rings (SSSR count). The van der Waals surface area contributed by atoms with Crippen molar-refractivity contribution < 1.29 is 23.1 Å². The number of imidazole rings is 1. The second kappa shape index (κ2) is 9.22. The number of aryl methyl sites for hydroxylation is 2. The molecule has 0 aliphatic carbocycles. The van der Waals surface area contributed by atoms with E-state index in [4.69, 9.17) is 11.6 Å². The zero-order valence-electron chi connectivity index (χ0n) is 19.8. The van der Waals surface area contributed by atoms with Gasteiger partial charge < -0.3 is 14.6 Å². The maximum Gasteiger partial charge on any atom is 0.416 e. The maximum atomic E-state index is 13.4. The van der Waals surface area contributed by atoms with Gasteiger partial charge >= 0.3 is 12.1 Å². The lowest BCUT2D eigenvalue weighted by Gasteiger charge is -2.34. The number of carbonyl (C=O) groups is 1. The molecular formula is C26H27ClF3N3O2. The Balaban J connectivity index is 1.66. The molecule has 1 aliphatic heterocycles. The van der Waals surface area contributed by atoms with Crippen molar-refractivity contribution in [2.24, 2.45) is 13.0 Å². The van der Waals surface area contributed by atoms with Crippen LogP contribution in [-0.2, 0) is 24.4 Å². The molecule has 0 unspecified atom stereocenters. The van der Waals surface area contributed by atoms with Crippen LogP contribution in [0.5, 0.6) is 0 Å². The summed E-state index contributed by atoms with van der Waals surface area (Å²) in [5.41, 5.74) is 3.84. The molecule has 1 aliphatic rings. The predicted octanol–water partition coefficient (Wildman–Crippen LogP) is 6.22. The molecule has 0 bridgehead atoms. The molecule has 0 saturated carbocycles. The lowest BCUT2D eigenvalue weighted by molar-refractivity contribution is -0.143. The van der Waals surface area contributed by atoms with E-state index in [2.05, 4.69) is 16.5 Å². The lowest BCUT2D eigenvalue weighted by atomic mass is 9.94. The fraction of sp³-hybridized carbons (Fsp3) is 0.385. The molecule has 0 spiro atoms. The van der Waals surface area contributed by atoms with Gasteiger partial charge in [-0.3, -0.25) is 4.79 Å². The molecule has 0 amide bonds. The first-order valence-corrected chi connectivity index (χ1v) is 11.7. The Hall–Kier alpha value is -3.00. The van der Waals surface area contributed by atoms with Crippen molar-refractivity contribution in [1.82, 2.24) is 14.5 Å². The zero-order chi connectivity index (χ0) is 25.7. The average molecular weight is 506 g/mol. The summed E-state index contributed by atoms with van der Waals surface area (Å²) >= 11 is 6.57. The first kappa shape index (κ1) is 25.1. The summed E-state index contributed by atoms with van der Waals surface area (Å²) in [5, 5.41) is 9.80. The Morgan fingerprint density at radius 2 is 1.83 bits per heavy atom. The molecule has 1 N–H and O–H groups in total. The number of rotatable bonds is 5. The van der Waals surface area contributed by atoms with Crippen LogP contribution in [0.4, 0.5) is 13.2 Å². The van der Waals surface area contributed by atoms with Crippen molar-refractivity contribution in [3.05, 3.63) is 69.5 Å². The first-order chi connectivity index (χ1) is 16.4.